The van der Waals surface area contributed by atoms with Gasteiger partial charge in [-0.1, -0.05) is 34.1 Å². The number of aliphatic hydroxyl groups is 1. The van der Waals surface area contributed by atoms with Crippen LogP contribution in [0.4, 0.5) is 9.93 Å². The summed E-state index contributed by atoms with van der Waals surface area (Å²) < 4.78 is 18.2. The molecular formula is C41H54N6O9S. The number of anilines is 1. The molecule has 8 atom stereocenters. The molecule has 2 aromatic heterocycles. The zero-order valence-electron chi connectivity index (χ0n) is 33.4. The number of benzene rings is 1. The highest BCUT2D eigenvalue weighted by Crippen LogP contribution is 2.52. The number of amides is 3. The van der Waals surface area contributed by atoms with Crippen LogP contribution in [0.5, 0.6) is 11.5 Å². The molecule has 5 N–H and O–H groups in total. The largest absolute Gasteiger partial charge is 0.491 e. The number of aromatic nitrogens is 2. The molecule has 1 saturated heterocycles. The van der Waals surface area contributed by atoms with E-state index in [0.717, 1.165) is 18.0 Å². The summed E-state index contributed by atoms with van der Waals surface area (Å²) in [5.74, 6) is -0.277. The van der Waals surface area contributed by atoms with Gasteiger partial charge in [0.1, 0.15) is 53.6 Å². The number of aliphatic carboxylic acids is 1. The molecule has 3 amide bonds. The summed E-state index contributed by atoms with van der Waals surface area (Å²) in [5, 5.41) is 31.7. The predicted octanol–water partition coefficient (Wildman–Crippen LogP) is 5.21. The third-order valence-electron chi connectivity index (χ3n) is 11.6. The molecule has 3 unspecified atom stereocenters. The first-order valence-corrected chi connectivity index (χ1v) is 20.9. The fourth-order valence-corrected chi connectivity index (χ4v) is 9.24. The third-order valence-corrected chi connectivity index (χ3v) is 12.4. The SMILES string of the molecule is CCC1C[C@]1(NC(=O)[C@@H]1CC(Oc2cc(-c3csc(NC(C)C)n3)nc3cc(OCCO)ccc23)CN1C(=O)[C@@H](NC(=O)OC1C[C@@H]2C[C@@H]2C1)C(C)(C)C)C(=O)O. The van der Waals surface area contributed by atoms with Crippen LogP contribution < -0.4 is 25.4 Å². The summed E-state index contributed by atoms with van der Waals surface area (Å²) in [4.78, 5) is 65.6. The molecule has 7 rings (SSSR count). The minimum absolute atomic E-state index is 0.0144. The Labute approximate surface area is 336 Å². The average Bonchev–Trinajstić information content (AvgIpc) is 3.82. The van der Waals surface area contributed by atoms with E-state index < -0.39 is 53.0 Å². The first-order valence-electron chi connectivity index (χ1n) is 20.0. The second-order valence-electron chi connectivity index (χ2n) is 17.3. The highest BCUT2D eigenvalue weighted by atomic mass is 32.1. The van der Waals surface area contributed by atoms with Crippen LogP contribution in [0.2, 0.25) is 0 Å². The van der Waals surface area contributed by atoms with Gasteiger partial charge in [-0.2, -0.15) is 0 Å². The maximum absolute atomic E-state index is 14.7. The molecule has 16 heteroatoms. The number of carbonyl (C=O) groups is 4. The number of rotatable bonds is 15. The van der Waals surface area contributed by atoms with Crippen LogP contribution in [0.1, 0.15) is 80.1 Å². The predicted molar refractivity (Wildman–Crippen MR) is 213 cm³/mol. The van der Waals surface area contributed by atoms with Crippen molar-refractivity contribution in [2.45, 2.75) is 116 Å². The number of hydrogen-bond donors (Lipinski definition) is 5. The molecule has 308 valence electrons. The lowest BCUT2D eigenvalue weighted by molar-refractivity contribution is -0.146. The molecule has 0 radical (unpaired) electrons. The number of nitrogens with zero attached hydrogens (tertiary/aromatic N) is 3. The van der Waals surface area contributed by atoms with Gasteiger partial charge in [-0.15, -0.1) is 11.3 Å². The number of aliphatic hydroxyl groups excluding tert-OH is 1. The molecule has 0 spiro atoms. The lowest BCUT2D eigenvalue weighted by atomic mass is 9.85. The quantitative estimate of drug-likeness (QED) is 0.135. The van der Waals surface area contributed by atoms with Gasteiger partial charge in [0.05, 0.1) is 24.4 Å². The summed E-state index contributed by atoms with van der Waals surface area (Å²) >= 11 is 1.45. The van der Waals surface area contributed by atoms with Gasteiger partial charge in [-0.05, 0) is 74.8 Å². The first-order chi connectivity index (χ1) is 27.1. The van der Waals surface area contributed by atoms with Gasteiger partial charge in [0, 0.05) is 35.4 Å². The molecule has 4 fully saturated rings. The van der Waals surface area contributed by atoms with Crippen LogP contribution in [-0.2, 0) is 19.1 Å². The fraction of sp³-hybridized carbons (Fsp3) is 0.610. The van der Waals surface area contributed by atoms with Crippen molar-refractivity contribution in [1.29, 1.82) is 0 Å². The van der Waals surface area contributed by atoms with Crippen molar-refractivity contribution >= 4 is 51.2 Å². The van der Waals surface area contributed by atoms with Crippen LogP contribution in [0.25, 0.3) is 22.3 Å². The Morgan fingerprint density at radius 2 is 1.79 bits per heavy atom. The number of pyridine rings is 1. The van der Waals surface area contributed by atoms with Gasteiger partial charge in [-0.25, -0.2) is 19.6 Å². The average molecular weight is 807 g/mol. The second-order valence-corrected chi connectivity index (χ2v) is 18.2. The van der Waals surface area contributed by atoms with Crippen molar-refractivity contribution in [3.8, 4) is 22.9 Å². The van der Waals surface area contributed by atoms with Gasteiger partial charge in [0.25, 0.3) is 0 Å². The standard InChI is InChI=1S/C41H54N6O9S/c1-7-24-18-41(24,37(51)52)46-35(49)32-16-27(19-47(32)36(50)34(40(4,5)6)45-39(53)56-26-13-22-12-23(22)14-26)55-33-17-30(31-20-57-38(44-31)42-21(2)3)43-29-15-25(54-11-10-48)8-9-28(29)33/h8-9,15,17,20-24,26-27,32,34,48H,7,10-14,16,18-19H2,1-6H3,(H,42,44)(H,45,53)(H,46,49)(H,51,52)/t22-,23+,24?,26?,27?,32-,34+,41+/m0/s1. The molecule has 57 heavy (non-hydrogen) atoms. The number of fused-ring (bicyclic) bond motifs is 2. The van der Waals surface area contributed by atoms with Crippen molar-refractivity contribution in [3.05, 3.63) is 29.6 Å². The molecule has 4 aliphatic rings. The van der Waals surface area contributed by atoms with Gasteiger partial charge >= 0.3 is 12.1 Å². The number of hydrogen-bond acceptors (Lipinski definition) is 12. The lowest BCUT2D eigenvalue weighted by Gasteiger charge is -2.35. The number of ether oxygens (including phenoxy) is 3. The Hall–Kier alpha value is -4.70. The number of carboxylic acids is 1. The van der Waals surface area contributed by atoms with Gasteiger partial charge in [0.15, 0.2) is 5.13 Å². The van der Waals surface area contributed by atoms with Gasteiger partial charge in [0.2, 0.25) is 11.8 Å². The lowest BCUT2D eigenvalue weighted by Crippen LogP contribution is -2.59. The Morgan fingerprint density at radius 3 is 2.44 bits per heavy atom. The van der Waals surface area contributed by atoms with E-state index in [-0.39, 0.29) is 44.2 Å². The summed E-state index contributed by atoms with van der Waals surface area (Å²) in [6.07, 6.45) is 2.18. The van der Waals surface area contributed by atoms with Crippen LogP contribution in [0.3, 0.4) is 0 Å². The zero-order valence-corrected chi connectivity index (χ0v) is 34.2. The topological polar surface area (TPSA) is 202 Å². The highest BCUT2D eigenvalue weighted by molar-refractivity contribution is 7.14. The molecular weight excluding hydrogens is 753 g/mol. The van der Waals surface area contributed by atoms with E-state index in [1.54, 1.807) is 24.3 Å². The van der Waals surface area contributed by atoms with E-state index in [1.165, 1.54) is 22.7 Å². The molecule has 1 aliphatic heterocycles. The van der Waals surface area contributed by atoms with Crippen molar-refractivity contribution in [2.75, 3.05) is 25.1 Å². The number of carbonyl (C=O) groups excluding carboxylic acids is 3. The maximum Gasteiger partial charge on any atom is 0.408 e. The Balaban J connectivity index is 1.19. The number of carboxylic acid groups (broad SMARTS) is 1. The van der Waals surface area contributed by atoms with E-state index in [9.17, 15) is 29.4 Å². The van der Waals surface area contributed by atoms with E-state index in [2.05, 4.69) is 16.0 Å². The highest BCUT2D eigenvalue weighted by Gasteiger charge is 2.61. The Kier molecular flexibility index (Phi) is 11.3. The van der Waals surface area contributed by atoms with Crippen LogP contribution in [0.15, 0.2) is 29.6 Å². The summed E-state index contributed by atoms with van der Waals surface area (Å²) in [6, 6.07) is 5.11. The number of likely N-dealkylation sites (tertiary alicyclic amines) is 1. The maximum atomic E-state index is 14.7. The minimum Gasteiger partial charge on any atom is -0.491 e. The molecule has 3 saturated carbocycles. The van der Waals surface area contributed by atoms with Crippen molar-refractivity contribution in [3.63, 3.8) is 0 Å². The van der Waals surface area contributed by atoms with E-state index in [0.29, 0.717) is 58.5 Å². The number of thiazole rings is 1. The van der Waals surface area contributed by atoms with E-state index in [1.807, 2.05) is 46.9 Å². The van der Waals surface area contributed by atoms with Crippen molar-refractivity contribution in [2.24, 2.45) is 23.2 Å². The Morgan fingerprint density at radius 1 is 1.04 bits per heavy atom. The van der Waals surface area contributed by atoms with Crippen molar-refractivity contribution in [1.82, 2.24) is 25.5 Å². The third kappa shape index (κ3) is 8.76. The zero-order chi connectivity index (χ0) is 40.8. The van der Waals surface area contributed by atoms with Gasteiger partial charge in [-0.3, -0.25) is 9.59 Å². The number of alkyl carbamates (subject to hydrolysis) is 1. The molecule has 3 aliphatic carbocycles. The first kappa shape index (κ1) is 40.5. The van der Waals surface area contributed by atoms with Gasteiger partial charge < -0.3 is 45.3 Å². The monoisotopic (exact) mass is 806 g/mol. The summed E-state index contributed by atoms with van der Waals surface area (Å²) in [7, 11) is 0. The molecule has 3 aromatic rings. The summed E-state index contributed by atoms with van der Waals surface area (Å²) in [5.41, 5.74) is -0.490. The summed E-state index contributed by atoms with van der Waals surface area (Å²) in [6.45, 7) is 11.4. The van der Waals surface area contributed by atoms with E-state index in [4.69, 9.17) is 24.2 Å². The van der Waals surface area contributed by atoms with Crippen molar-refractivity contribution < 1.29 is 43.6 Å². The Bertz CT molecular complexity index is 2010. The molecule has 0 bridgehead atoms. The molecule has 1 aromatic carbocycles. The molecule has 3 heterocycles. The molecule has 15 nitrogen and oxygen atoms in total. The number of nitrogens with one attached hydrogen (secondary N) is 3. The van der Waals surface area contributed by atoms with E-state index >= 15 is 0 Å². The minimum atomic E-state index is -1.41. The van der Waals surface area contributed by atoms with Crippen LogP contribution in [0, 0.1) is 23.2 Å². The fourth-order valence-electron chi connectivity index (χ4n) is 8.38. The van der Waals surface area contributed by atoms with Crippen LogP contribution >= 0.6 is 11.3 Å². The van der Waals surface area contributed by atoms with Crippen LogP contribution in [-0.4, -0.2) is 105 Å². The second kappa shape index (κ2) is 15.9. The smallest absolute Gasteiger partial charge is 0.408 e. The normalized spacial score (nSPS) is 26.8.